The highest BCUT2D eigenvalue weighted by Crippen LogP contribution is 2.43. The van der Waals surface area contributed by atoms with Crippen molar-refractivity contribution in [2.24, 2.45) is 0 Å². The number of hydrogen-bond donors (Lipinski definition) is 1. The second-order valence-corrected chi connectivity index (χ2v) is 9.35. The van der Waals surface area contributed by atoms with Crippen LogP contribution in [0.3, 0.4) is 0 Å². The topological polar surface area (TPSA) is 63.2 Å². The zero-order chi connectivity index (χ0) is 16.2. The number of amides is 1. The lowest BCUT2D eigenvalue weighted by Crippen LogP contribution is -2.57. The fraction of sp³-hybridized carbons (Fsp3) is 0.533. The van der Waals surface area contributed by atoms with Crippen molar-refractivity contribution in [1.29, 1.82) is 0 Å². The predicted molar refractivity (Wildman–Crippen MR) is 91.2 cm³/mol. The Kier molecular flexibility index (Phi) is 5.80. The average molecular weight is 362 g/mol. The molecule has 0 spiro atoms. The minimum Gasteiger partial charge on any atom is -0.354 e. The Balaban J connectivity index is 2.18. The largest absolute Gasteiger partial charge is 0.354 e. The summed E-state index contributed by atoms with van der Waals surface area (Å²) in [6.07, 6.45) is 1.51. The van der Waals surface area contributed by atoms with E-state index in [0.717, 1.165) is 17.9 Å². The van der Waals surface area contributed by atoms with Gasteiger partial charge in [-0.2, -0.15) is 11.8 Å². The number of carbonyl (C=O) groups excluding carboxylic acids is 1. The van der Waals surface area contributed by atoms with E-state index in [-0.39, 0.29) is 10.8 Å². The smallest absolute Gasteiger partial charge is 0.241 e. The van der Waals surface area contributed by atoms with Gasteiger partial charge < -0.3 is 5.32 Å². The molecule has 22 heavy (non-hydrogen) atoms. The second kappa shape index (κ2) is 7.23. The Morgan fingerprint density at radius 1 is 1.32 bits per heavy atom. The average Bonchev–Trinajstić information content (AvgIpc) is 2.42. The van der Waals surface area contributed by atoms with Gasteiger partial charge in [0.25, 0.3) is 0 Å². The molecule has 0 radical (unpaired) electrons. The number of thioether (sulfide) groups is 1. The molecule has 1 aliphatic rings. The van der Waals surface area contributed by atoms with E-state index in [1.54, 1.807) is 11.8 Å². The van der Waals surface area contributed by atoms with Crippen LogP contribution in [-0.2, 0) is 14.6 Å². The lowest BCUT2D eigenvalue weighted by Gasteiger charge is -2.39. The minimum atomic E-state index is -3.70. The quantitative estimate of drug-likeness (QED) is 0.758. The molecule has 0 aliphatic heterocycles. The maximum absolute atomic E-state index is 12.9. The summed E-state index contributed by atoms with van der Waals surface area (Å²) in [6, 6.07) is 6.02. The van der Waals surface area contributed by atoms with Crippen LogP contribution in [0.4, 0.5) is 0 Å². The van der Waals surface area contributed by atoms with Gasteiger partial charge in [0.05, 0.1) is 4.90 Å². The van der Waals surface area contributed by atoms with Crippen molar-refractivity contribution in [3.05, 3.63) is 29.3 Å². The van der Waals surface area contributed by atoms with E-state index in [9.17, 15) is 13.2 Å². The summed E-state index contributed by atoms with van der Waals surface area (Å²) >= 11 is 7.52. The molecule has 122 valence electrons. The van der Waals surface area contributed by atoms with E-state index >= 15 is 0 Å². The van der Waals surface area contributed by atoms with Crippen molar-refractivity contribution in [2.75, 3.05) is 18.1 Å². The van der Waals surface area contributed by atoms with Gasteiger partial charge in [-0.1, -0.05) is 18.5 Å². The molecule has 0 saturated heterocycles. The van der Waals surface area contributed by atoms with Crippen molar-refractivity contribution >= 4 is 39.1 Å². The first kappa shape index (κ1) is 17.6. The molecule has 1 amide bonds. The van der Waals surface area contributed by atoms with Gasteiger partial charge >= 0.3 is 0 Å². The van der Waals surface area contributed by atoms with Crippen molar-refractivity contribution in [3.63, 3.8) is 0 Å². The highest BCUT2D eigenvalue weighted by molar-refractivity contribution is 7.99. The summed E-state index contributed by atoms with van der Waals surface area (Å²) in [4.78, 5) is 12.6. The lowest BCUT2D eigenvalue weighted by molar-refractivity contribution is -0.125. The van der Waals surface area contributed by atoms with Crippen molar-refractivity contribution in [2.45, 2.75) is 35.8 Å². The third-order valence-electron chi connectivity index (χ3n) is 3.95. The second-order valence-electron chi connectivity index (χ2n) is 5.26. The van der Waals surface area contributed by atoms with E-state index in [4.69, 9.17) is 11.6 Å². The van der Waals surface area contributed by atoms with Crippen LogP contribution in [0, 0.1) is 0 Å². The lowest BCUT2D eigenvalue weighted by atomic mass is 9.83. The first-order chi connectivity index (χ1) is 10.4. The summed E-state index contributed by atoms with van der Waals surface area (Å²) in [5.41, 5.74) is 0. The molecular weight excluding hydrogens is 342 g/mol. The zero-order valence-corrected chi connectivity index (χ0v) is 14.9. The van der Waals surface area contributed by atoms with E-state index in [2.05, 4.69) is 5.32 Å². The zero-order valence-electron chi connectivity index (χ0n) is 12.5. The molecule has 0 unspecified atom stereocenters. The number of sulfone groups is 1. The Hall–Kier alpha value is -0.720. The maximum atomic E-state index is 12.9. The molecule has 1 aliphatic carbocycles. The molecule has 1 saturated carbocycles. The monoisotopic (exact) mass is 361 g/mol. The van der Waals surface area contributed by atoms with E-state index in [0.29, 0.717) is 24.4 Å². The number of halogens is 1. The third-order valence-corrected chi connectivity index (χ3v) is 7.62. The van der Waals surface area contributed by atoms with Crippen molar-refractivity contribution in [1.82, 2.24) is 5.32 Å². The number of benzene rings is 1. The van der Waals surface area contributed by atoms with Crippen LogP contribution in [0.5, 0.6) is 0 Å². The van der Waals surface area contributed by atoms with E-state index in [1.165, 1.54) is 24.3 Å². The number of rotatable bonds is 7. The van der Waals surface area contributed by atoms with Gasteiger partial charge in [0, 0.05) is 17.3 Å². The molecule has 0 aromatic heterocycles. The molecule has 0 heterocycles. The molecule has 4 nitrogen and oxygen atoms in total. The normalized spacial score (nSPS) is 16.8. The van der Waals surface area contributed by atoms with Crippen LogP contribution in [0.2, 0.25) is 5.02 Å². The van der Waals surface area contributed by atoms with Gasteiger partial charge in [-0.05, 0) is 49.3 Å². The summed E-state index contributed by atoms with van der Waals surface area (Å²) in [6.45, 7) is 2.54. The Labute approximate surface area is 140 Å². The van der Waals surface area contributed by atoms with Crippen LogP contribution >= 0.6 is 23.4 Å². The van der Waals surface area contributed by atoms with Crippen LogP contribution in [0.15, 0.2) is 29.2 Å². The number of nitrogens with one attached hydrogen (secondary N) is 1. The van der Waals surface area contributed by atoms with Crippen LogP contribution < -0.4 is 5.32 Å². The fourth-order valence-electron chi connectivity index (χ4n) is 2.50. The Morgan fingerprint density at radius 2 is 1.95 bits per heavy atom. The van der Waals surface area contributed by atoms with E-state index < -0.39 is 14.6 Å². The SMILES string of the molecule is CCSCCNC(=O)C1(S(=O)(=O)c2ccc(Cl)cc2)CCC1. The molecule has 0 bridgehead atoms. The first-order valence-electron chi connectivity index (χ1n) is 7.30. The number of hydrogen-bond acceptors (Lipinski definition) is 4. The maximum Gasteiger partial charge on any atom is 0.241 e. The van der Waals surface area contributed by atoms with Gasteiger partial charge in [0.15, 0.2) is 14.6 Å². The molecule has 1 N–H and O–H groups in total. The summed E-state index contributed by atoms with van der Waals surface area (Å²) in [5.74, 6) is 1.40. The third kappa shape index (κ3) is 3.29. The van der Waals surface area contributed by atoms with E-state index in [1.807, 2.05) is 6.92 Å². The summed E-state index contributed by atoms with van der Waals surface area (Å²) in [7, 11) is -3.70. The molecule has 1 aromatic carbocycles. The highest BCUT2D eigenvalue weighted by atomic mass is 35.5. The van der Waals surface area contributed by atoms with Crippen LogP contribution in [0.1, 0.15) is 26.2 Å². The molecule has 0 atom stereocenters. The molecule has 1 aromatic rings. The van der Waals surface area contributed by atoms with Crippen LogP contribution in [0.25, 0.3) is 0 Å². The van der Waals surface area contributed by atoms with Crippen molar-refractivity contribution in [3.8, 4) is 0 Å². The van der Waals surface area contributed by atoms with Gasteiger partial charge in [0.1, 0.15) is 0 Å². The summed E-state index contributed by atoms with van der Waals surface area (Å²) in [5, 5.41) is 3.26. The predicted octanol–water partition coefficient (Wildman–Crippen LogP) is 2.91. The summed E-state index contributed by atoms with van der Waals surface area (Å²) < 4.78 is 24.4. The first-order valence-corrected chi connectivity index (χ1v) is 10.3. The highest BCUT2D eigenvalue weighted by Gasteiger charge is 2.55. The van der Waals surface area contributed by atoms with Gasteiger partial charge in [-0.15, -0.1) is 0 Å². The standard InChI is InChI=1S/C15H20ClNO3S2/c1-2-21-11-10-17-14(18)15(8-3-9-15)22(19,20)13-6-4-12(16)5-7-13/h4-7H,2-3,8-11H2,1H3,(H,17,18). The van der Waals surface area contributed by atoms with Gasteiger partial charge in [0.2, 0.25) is 5.91 Å². The number of carbonyl (C=O) groups is 1. The minimum absolute atomic E-state index is 0.162. The Bertz CT molecular complexity index is 625. The molecule has 7 heteroatoms. The molecular formula is C15H20ClNO3S2. The van der Waals surface area contributed by atoms with Gasteiger partial charge in [-0.3, -0.25) is 4.79 Å². The van der Waals surface area contributed by atoms with Gasteiger partial charge in [-0.25, -0.2) is 8.42 Å². The molecule has 1 fully saturated rings. The Morgan fingerprint density at radius 3 is 2.45 bits per heavy atom. The molecule has 2 rings (SSSR count). The van der Waals surface area contributed by atoms with Crippen molar-refractivity contribution < 1.29 is 13.2 Å². The van der Waals surface area contributed by atoms with Crippen LogP contribution in [-0.4, -0.2) is 37.1 Å². The fourth-order valence-corrected chi connectivity index (χ4v) is 5.25.